The van der Waals surface area contributed by atoms with E-state index >= 15 is 0 Å². The van der Waals surface area contributed by atoms with Gasteiger partial charge in [0.05, 0.1) is 6.61 Å². The van der Waals surface area contributed by atoms with Crippen LogP contribution in [0.5, 0.6) is 0 Å². The molecule has 138 valence electrons. The van der Waals surface area contributed by atoms with Crippen molar-refractivity contribution >= 4 is 5.97 Å². The quantitative estimate of drug-likeness (QED) is 0.534. The van der Waals surface area contributed by atoms with Crippen LogP contribution in [-0.4, -0.2) is 24.3 Å². The van der Waals surface area contributed by atoms with E-state index in [1.165, 1.54) is 11.1 Å². The van der Waals surface area contributed by atoms with Crippen molar-refractivity contribution in [3.8, 4) is 11.1 Å². The van der Waals surface area contributed by atoms with Crippen LogP contribution < -0.4 is 0 Å². The average molecular weight is 352 g/mol. The molecule has 0 heterocycles. The summed E-state index contributed by atoms with van der Waals surface area (Å²) in [4.78, 5) is 11.6. The van der Waals surface area contributed by atoms with Crippen molar-refractivity contribution in [1.29, 1.82) is 0 Å². The number of carbonyl (C=O) groups is 1. The molecule has 3 nitrogen and oxygen atoms in total. The Bertz CT molecular complexity index is 745. The maximum atomic E-state index is 11.6. The topological polar surface area (TPSA) is 46.5 Å². The Hall–Kier alpha value is -2.39. The van der Waals surface area contributed by atoms with Crippen LogP contribution in [0.15, 0.2) is 54.6 Å². The average Bonchev–Trinajstić information content (AvgIpc) is 2.63. The Labute approximate surface area is 156 Å². The summed E-state index contributed by atoms with van der Waals surface area (Å²) in [7, 11) is 0. The number of benzene rings is 2. The largest absolute Gasteiger partial charge is 0.462 e. The van der Waals surface area contributed by atoms with Crippen LogP contribution in [0.4, 0.5) is 0 Å². The van der Waals surface area contributed by atoms with Crippen molar-refractivity contribution in [3.05, 3.63) is 71.3 Å². The van der Waals surface area contributed by atoms with E-state index in [1.54, 1.807) is 6.92 Å². The molecule has 0 spiro atoms. The van der Waals surface area contributed by atoms with Crippen LogP contribution in [0, 0.1) is 0 Å². The van der Waals surface area contributed by atoms with Crippen molar-refractivity contribution in [3.63, 3.8) is 0 Å². The second-order valence-corrected chi connectivity index (χ2v) is 6.58. The second kappa shape index (κ2) is 9.93. The van der Waals surface area contributed by atoms with Crippen LogP contribution in [0.25, 0.3) is 11.1 Å². The van der Waals surface area contributed by atoms with Gasteiger partial charge in [0.15, 0.2) is 0 Å². The number of rotatable bonds is 9. The Morgan fingerprint density at radius 2 is 1.73 bits per heavy atom. The molecule has 0 amide bonds. The molecular formula is C23H28O3. The third-order valence-corrected chi connectivity index (χ3v) is 4.33. The predicted octanol–water partition coefficient (Wildman–Crippen LogP) is 4.50. The van der Waals surface area contributed by atoms with E-state index in [0.717, 1.165) is 29.5 Å². The fourth-order valence-corrected chi connectivity index (χ4v) is 2.94. The molecule has 2 rings (SSSR count). The van der Waals surface area contributed by atoms with Crippen LogP contribution in [0.3, 0.4) is 0 Å². The number of aryl methyl sites for hydroxylation is 1. The second-order valence-electron chi connectivity index (χ2n) is 6.58. The van der Waals surface area contributed by atoms with Crippen LogP contribution in [0.1, 0.15) is 37.0 Å². The molecule has 0 fully saturated rings. The van der Waals surface area contributed by atoms with Crippen molar-refractivity contribution in [2.45, 2.75) is 39.5 Å². The highest BCUT2D eigenvalue weighted by Gasteiger charge is 2.09. The summed E-state index contributed by atoms with van der Waals surface area (Å²) in [6.45, 7) is 7.94. The number of ether oxygens (including phenoxy) is 1. The summed E-state index contributed by atoms with van der Waals surface area (Å²) >= 11 is 0. The van der Waals surface area contributed by atoms with Gasteiger partial charge < -0.3 is 9.84 Å². The molecule has 0 bridgehead atoms. The maximum absolute atomic E-state index is 11.6. The first-order chi connectivity index (χ1) is 12.5. The molecular weight excluding hydrogens is 324 g/mol. The van der Waals surface area contributed by atoms with E-state index in [9.17, 15) is 4.79 Å². The fourth-order valence-electron chi connectivity index (χ4n) is 2.94. The third kappa shape index (κ3) is 5.57. The standard InChI is InChI=1S/C23H28O3/c1-4-5-19-8-11-22(20-9-6-18(7-10-20)12-14-24)21(16-19)13-15-26-23(25)17(2)3/h6-11,16,24H,2,4-5,12-15H2,1,3H3. The van der Waals surface area contributed by atoms with Crippen molar-refractivity contribution in [2.75, 3.05) is 13.2 Å². The first-order valence-corrected chi connectivity index (χ1v) is 9.19. The highest BCUT2D eigenvalue weighted by atomic mass is 16.5. The van der Waals surface area contributed by atoms with Gasteiger partial charge in [-0.2, -0.15) is 0 Å². The minimum Gasteiger partial charge on any atom is -0.462 e. The molecule has 0 saturated carbocycles. The van der Waals surface area contributed by atoms with Gasteiger partial charge in [-0.05, 0) is 47.6 Å². The molecule has 0 atom stereocenters. The maximum Gasteiger partial charge on any atom is 0.333 e. The van der Waals surface area contributed by atoms with Gasteiger partial charge in [0.25, 0.3) is 0 Å². The molecule has 0 saturated heterocycles. The van der Waals surface area contributed by atoms with E-state index in [4.69, 9.17) is 9.84 Å². The summed E-state index contributed by atoms with van der Waals surface area (Å²) in [6, 6.07) is 14.8. The lowest BCUT2D eigenvalue weighted by atomic mass is 9.94. The number of hydrogen-bond donors (Lipinski definition) is 1. The molecule has 0 aliphatic carbocycles. The molecule has 26 heavy (non-hydrogen) atoms. The number of aliphatic hydroxyl groups excluding tert-OH is 1. The van der Waals surface area contributed by atoms with E-state index in [-0.39, 0.29) is 12.6 Å². The Balaban J connectivity index is 2.23. The van der Waals surface area contributed by atoms with Crippen molar-refractivity contribution in [2.24, 2.45) is 0 Å². The smallest absolute Gasteiger partial charge is 0.333 e. The third-order valence-electron chi connectivity index (χ3n) is 4.33. The first kappa shape index (κ1) is 19.9. The van der Waals surface area contributed by atoms with Gasteiger partial charge in [0.1, 0.15) is 0 Å². The summed E-state index contributed by atoms with van der Waals surface area (Å²) in [5.74, 6) is -0.343. The van der Waals surface area contributed by atoms with E-state index in [0.29, 0.717) is 25.0 Å². The van der Waals surface area contributed by atoms with Gasteiger partial charge in [-0.25, -0.2) is 4.79 Å². The number of aliphatic hydroxyl groups is 1. The Morgan fingerprint density at radius 1 is 1.04 bits per heavy atom. The zero-order valence-electron chi connectivity index (χ0n) is 15.8. The SMILES string of the molecule is C=C(C)C(=O)OCCc1cc(CCC)ccc1-c1ccc(CCO)cc1. The lowest BCUT2D eigenvalue weighted by Crippen LogP contribution is -2.08. The number of esters is 1. The number of hydrogen-bond acceptors (Lipinski definition) is 3. The summed E-state index contributed by atoms with van der Waals surface area (Å²) < 4.78 is 5.28. The van der Waals surface area contributed by atoms with Crippen LogP contribution in [-0.2, 0) is 28.8 Å². The minimum atomic E-state index is -0.343. The Morgan fingerprint density at radius 3 is 2.35 bits per heavy atom. The molecule has 0 aromatic heterocycles. The number of carbonyl (C=O) groups excluding carboxylic acids is 1. The van der Waals surface area contributed by atoms with Crippen molar-refractivity contribution < 1.29 is 14.6 Å². The molecule has 0 aliphatic heterocycles. The molecule has 0 unspecified atom stereocenters. The van der Waals surface area contributed by atoms with Gasteiger partial charge in [-0.1, -0.05) is 62.4 Å². The van der Waals surface area contributed by atoms with Gasteiger partial charge >= 0.3 is 5.97 Å². The summed E-state index contributed by atoms with van der Waals surface area (Å²) in [5.41, 5.74) is 6.32. The zero-order valence-corrected chi connectivity index (χ0v) is 15.8. The molecule has 2 aromatic carbocycles. The minimum absolute atomic E-state index is 0.157. The van der Waals surface area contributed by atoms with Crippen LogP contribution in [0.2, 0.25) is 0 Å². The zero-order chi connectivity index (χ0) is 18.9. The van der Waals surface area contributed by atoms with E-state index < -0.39 is 0 Å². The molecule has 0 radical (unpaired) electrons. The van der Waals surface area contributed by atoms with Gasteiger partial charge in [0.2, 0.25) is 0 Å². The first-order valence-electron chi connectivity index (χ1n) is 9.19. The fraction of sp³-hybridized carbons (Fsp3) is 0.348. The van der Waals surface area contributed by atoms with Gasteiger partial charge in [-0.15, -0.1) is 0 Å². The summed E-state index contributed by atoms with van der Waals surface area (Å²) in [5, 5.41) is 9.06. The molecule has 2 aromatic rings. The van der Waals surface area contributed by atoms with Crippen LogP contribution >= 0.6 is 0 Å². The lowest BCUT2D eigenvalue weighted by Gasteiger charge is -2.13. The van der Waals surface area contributed by atoms with Gasteiger partial charge in [-0.3, -0.25) is 0 Å². The summed E-state index contributed by atoms with van der Waals surface area (Å²) in [6.07, 6.45) is 3.47. The normalized spacial score (nSPS) is 10.6. The lowest BCUT2D eigenvalue weighted by molar-refractivity contribution is -0.138. The van der Waals surface area contributed by atoms with E-state index in [1.807, 2.05) is 0 Å². The predicted molar refractivity (Wildman–Crippen MR) is 106 cm³/mol. The van der Waals surface area contributed by atoms with Crippen molar-refractivity contribution in [1.82, 2.24) is 0 Å². The molecule has 0 aliphatic rings. The van der Waals surface area contributed by atoms with E-state index in [2.05, 4.69) is 56.0 Å². The highest BCUT2D eigenvalue weighted by Crippen LogP contribution is 2.26. The van der Waals surface area contributed by atoms with Gasteiger partial charge in [0, 0.05) is 18.6 Å². The molecule has 1 N–H and O–H groups in total. The monoisotopic (exact) mass is 352 g/mol. The Kier molecular flexibility index (Phi) is 7.61. The highest BCUT2D eigenvalue weighted by molar-refractivity contribution is 5.86. The molecule has 3 heteroatoms.